The quantitative estimate of drug-likeness (QED) is 0.208. The number of benzene rings is 4. The highest BCUT2D eigenvalue weighted by Crippen LogP contribution is 2.30. The zero-order valence-corrected chi connectivity index (χ0v) is 22.7. The standard InChI is InChI=1S/C33H29FN4O3/c1-22(2)24-8-7-13-29(19-24)41-30-21-36-38(28-11-4-3-5-12-28)33(40)31(30)37-27-10-6-9-25(18-27)32(39)35-20-23-14-16-26(34)17-15-23/h3-19,21-22,37H,20H2,1-2H3,(H,35,39). The topological polar surface area (TPSA) is 85.2 Å². The minimum Gasteiger partial charge on any atom is -0.453 e. The second kappa shape index (κ2) is 12.3. The minimum absolute atomic E-state index is 0.169. The number of halogens is 1. The third-order valence-corrected chi connectivity index (χ3v) is 6.46. The van der Waals surface area contributed by atoms with Crippen LogP contribution in [-0.4, -0.2) is 15.7 Å². The fourth-order valence-electron chi connectivity index (χ4n) is 4.22. The molecule has 2 N–H and O–H groups in total. The first-order valence-corrected chi connectivity index (χ1v) is 13.2. The van der Waals surface area contributed by atoms with E-state index < -0.39 is 5.56 Å². The molecule has 0 atom stereocenters. The summed E-state index contributed by atoms with van der Waals surface area (Å²) in [6, 6.07) is 29.5. The van der Waals surface area contributed by atoms with E-state index in [1.807, 2.05) is 42.5 Å². The van der Waals surface area contributed by atoms with Crippen LogP contribution in [0.25, 0.3) is 5.69 Å². The van der Waals surface area contributed by atoms with Crippen molar-refractivity contribution in [2.24, 2.45) is 0 Å². The number of hydrogen-bond acceptors (Lipinski definition) is 5. The van der Waals surface area contributed by atoms with Gasteiger partial charge in [0.2, 0.25) is 0 Å². The van der Waals surface area contributed by atoms with Gasteiger partial charge in [-0.25, -0.2) is 4.39 Å². The molecule has 1 aromatic heterocycles. The molecule has 0 bridgehead atoms. The van der Waals surface area contributed by atoms with Crippen LogP contribution in [0, 0.1) is 5.82 Å². The van der Waals surface area contributed by atoms with Crippen molar-refractivity contribution in [2.75, 3.05) is 5.32 Å². The number of anilines is 2. The molecular formula is C33H29FN4O3. The van der Waals surface area contributed by atoms with Crippen molar-refractivity contribution in [1.29, 1.82) is 0 Å². The van der Waals surface area contributed by atoms with E-state index >= 15 is 0 Å². The minimum atomic E-state index is -0.417. The molecule has 0 unspecified atom stereocenters. The molecule has 0 aliphatic rings. The number of para-hydroxylation sites is 1. The zero-order chi connectivity index (χ0) is 28.8. The predicted molar refractivity (Wildman–Crippen MR) is 158 cm³/mol. The van der Waals surface area contributed by atoms with Crippen molar-refractivity contribution in [3.8, 4) is 17.2 Å². The van der Waals surface area contributed by atoms with E-state index in [4.69, 9.17) is 4.74 Å². The second-order valence-corrected chi connectivity index (χ2v) is 9.78. The second-order valence-electron chi connectivity index (χ2n) is 9.78. The third-order valence-electron chi connectivity index (χ3n) is 6.46. The van der Waals surface area contributed by atoms with Gasteiger partial charge in [-0.1, -0.05) is 62.4 Å². The van der Waals surface area contributed by atoms with Gasteiger partial charge in [-0.2, -0.15) is 9.78 Å². The number of nitrogens with one attached hydrogen (secondary N) is 2. The third kappa shape index (κ3) is 6.67. The van der Waals surface area contributed by atoms with Crippen LogP contribution < -0.4 is 20.9 Å². The number of aromatic nitrogens is 2. The van der Waals surface area contributed by atoms with Gasteiger partial charge < -0.3 is 15.4 Å². The molecule has 0 fully saturated rings. The van der Waals surface area contributed by atoms with Crippen molar-refractivity contribution >= 4 is 17.3 Å². The van der Waals surface area contributed by atoms with Gasteiger partial charge in [-0.15, -0.1) is 0 Å². The van der Waals surface area contributed by atoms with Gasteiger partial charge in [0.25, 0.3) is 11.5 Å². The average molecular weight is 549 g/mol. The first-order valence-electron chi connectivity index (χ1n) is 13.2. The molecule has 4 aromatic carbocycles. The molecule has 41 heavy (non-hydrogen) atoms. The van der Waals surface area contributed by atoms with Crippen molar-refractivity contribution in [3.05, 3.63) is 142 Å². The Bertz CT molecular complexity index is 1720. The summed E-state index contributed by atoms with van der Waals surface area (Å²) in [5.74, 6) is 0.479. The number of carbonyl (C=O) groups is 1. The highest BCUT2D eigenvalue weighted by molar-refractivity contribution is 5.95. The summed E-state index contributed by atoms with van der Waals surface area (Å²) in [5.41, 5.74) is 3.13. The van der Waals surface area contributed by atoms with Crippen LogP contribution in [0.1, 0.15) is 41.3 Å². The molecule has 0 spiro atoms. The van der Waals surface area contributed by atoms with Gasteiger partial charge in [-0.3, -0.25) is 9.59 Å². The van der Waals surface area contributed by atoms with Crippen LogP contribution in [0.5, 0.6) is 11.5 Å². The fourth-order valence-corrected chi connectivity index (χ4v) is 4.22. The Kier molecular flexibility index (Phi) is 8.20. The predicted octanol–water partition coefficient (Wildman–Crippen LogP) is 6.96. The molecule has 0 saturated carbocycles. The van der Waals surface area contributed by atoms with Gasteiger partial charge in [-0.05, 0) is 71.6 Å². The maximum Gasteiger partial charge on any atom is 0.299 e. The highest BCUT2D eigenvalue weighted by atomic mass is 19.1. The maximum atomic E-state index is 13.7. The van der Waals surface area contributed by atoms with Crippen molar-refractivity contribution < 1.29 is 13.9 Å². The number of hydrogen-bond donors (Lipinski definition) is 2. The summed E-state index contributed by atoms with van der Waals surface area (Å²) in [7, 11) is 0. The number of ether oxygens (including phenoxy) is 1. The lowest BCUT2D eigenvalue weighted by Crippen LogP contribution is -2.24. The summed E-state index contributed by atoms with van der Waals surface area (Å²) in [5, 5.41) is 10.4. The molecule has 0 aliphatic carbocycles. The summed E-state index contributed by atoms with van der Waals surface area (Å²) in [6.45, 7) is 4.44. The van der Waals surface area contributed by atoms with Crippen LogP contribution in [0.3, 0.4) is 0 Å². The Hall–Kier alpha value is -5.24. The van der Waals surface area contributed by atoms with Gasteiger partial charge in [0.15, 0.2) is 11.4 Å². The molecule has 7 nitrogen and oxygen atoms in total. The number of amides is 1. The molecule has 0 radical (unpaired) electrons. The van der Waals surface area contributed by atoms with Gasteiger partial charge in [0.1, 0.15) is 11.6 Å². The van der Waals surface area contributed by atoms with Crippen LogP contribution in [-0.2, 0) is 6.54 Å². The molecule has 8 heteroatoms. The molecule has 5 aromatic rings. The lowest BCUT2D eigenvalue weighted by Gasteiger charge is -2.16. The van der Waals surface area contributed by atoms with Crippen molar-refractivity contribution in [1.82, 2.24) is 15.1 Å². The highest BCUT2D eigenvalue weighted by Gasteiger charge is 2.17. The van der Waals surface area contributed by atoms with E-state index in [0.29, 0.717) is 28.6 Å². The van der Waals surface area contributed by atoms with Crippen LogP contribution in [0.15, 0.2) is 114 Å². The molecule has 0 aliphatic heterocycles. The van der Waals surface area contributed by atoms with Crippen LogP contribution in [0.4, 0.5) is 15.8 Å². The number of rotatable bonds is 9. The van der Waals surface area contributed by atoms with E-state index in [9.17, 15) is 14.0 Å². The fraction of sp³-hybridized carbons (Fsp3) is 0.121. The Morgan fingerprint density at radius 2 is 1.68 bits per heavy atom. The maximum absolute atomic E-state index is 13.7. The summed E-state index contributed by atoms with van der Waals surface area (Å²) in [6.07, 6.45) is 1.50. The van der Waals surface area contributed by atoms with Crippen molar-refractivity contribution in [2.45, 2.75) is 26.3 Å². The van der Waals surface area contributed by atoms with E-state index in [2.05, 4.69) is 29.6 Å². The molecule has 1 heterocycles. The lowest BCUT2D eigenvalue weighted by atomic mass is 10.0. The number of carbonyl (C=O) groups excluding carboxylic acids is 1. The van der Waals surface area contributed by atoms with Gasteiger partial charge in [0, 0.05) is 17.8 Å². The van der Waals surface area contributed by atoms with E-state index in [0.717, 1.165) is 11.1 Å². The van der Waals surface area contributed by atoms with Gasteiger partial charge in [0.05, 0.1) is 11.9 Å². The van der Waals surface area contributed by atoms with Crippen molar-refractivity contribution in [3.63, 3.8) is 0 Å². The molecular weight excluding hydrogens is 519 g/mol. The molecule has 206 valence electrons. The Morgan fingerprint density at radius 3 is 2.44 bits per heavy atom. The SMILES string of the molecule is CC(C)c1cccc(Oc2cnn(-c3ccccc3)c(=O)c2Nc2cccc(C(=O)NCc3ccc(F)cc3)c2)c1. The number of nitrogens with zero attached hydrogens (tertiary/aromatic N) is 2. The summed E-state index contributed by atoms with van der Waals surface area (Å²) < 4.78 is 20.7. The zero-order valence-electron chi connectivity index (χ0n) is 22.7. The first kappa shape index (κ1) is 27.3. The summed E-state index contributed by atoms with van der Waals surface area (Å²) in [4.78, 5) is 26.6. The largest absolute Gasteiger partial charge is 0.453 e. The van der Waals surface area contributed by atoms with Crippen LogP contribution in [0.2, 0.25) is 0 Å². The van der Waals surface area contributed by atoms with Crippen LogP contribution >= 0.6 is 0 Å². The van der Waals surface area contributed by atoms with E-state index in [1.54, 1.807) is 48.5 Å². The smallest absolute Gasteiger partial charge is 0.299 e. The lowest BCUT2D eigenvalue weighted by molar-refractivity contribution is 0.0951. The normalized spacial score (nSPS) is 10.8. The molecule has 0 saturated heterocycles. The van der Waals surface area contributed by atoms with E-state index in [-0.39, 0.29) is 29.7 Å². The monoisotopic (exact) mass is 548 g/mol. The Balaban J connectivity index is 1.45. The summed E-state index contributed by atoms with van der Waals surface area (Å²) >= 11 is 0. The Labute approximate surface area is 237 Å². The van der Waals surface area contributed by atoms with Gasteiger partial charge >= 0.3 is 0 Å². The molecule has 1 amide bonds. The average Bonchev–Trinajstić information content (AvgIpc) is 2.99. The van der Waals surface area contributed by atoms with E-state index in [1.165, 1.54) is 23.0 Å². The molecule has 5 rings (SSSR count). The first-order chi connectivity index (χ1) is 19.9. The Morgan fingerprint density at radius 1 is 0.927 bits per heavy atom.